The van der Waals surface area contributed by atoms with Crippen molar-refractivity contribution in [2.75, 3.05) is 4.72 Å². The number of rotatable bonds is 5. The molecule has 0 amide bonds. The number of halogens is 1. The molecule has 0 aliphatic carbocycles. The van der Waals surface area contributed by atoms with Gasteiger partial charge in [0.2, 0.25) is 0 Å². The lowest BCUT2D eigenvalue weighted by atomic mass is 10.0. The zero-order valence-electron chi connectivity index (χ0n) is 16.4. The largest absolute Gasteiger partial charge is 0.506 e. The number of phenolic OH excluding ortho intramolecular Hbond substituents is 1. The fourth-order valence-electron chi connectivity index (χ4n) is 3.15. The van der Waals surface area contributed by atoms with Gasteiger partial charge in [-0.1, -0.05) is 54.1 Å². The Morgan fingerprint density at radius 2 is 1.48 bits per heavy atom. The third kappa shape index (κ3) is 4.38. The molecule has 0 fully saturated rings. The summed E-state index contributed by atoms with van der Waals surface area (Å²) < 4.78 is 27.9. The fourth-order valence-corrected chi connectivity index (χ4v) is 4.49. The monoisotopic (exact) mass is 451 g/mol. The first-order valence-electron chi connectivity index (χ1n) is 9.35. The zero-order chi connectivity index (χ0) is 22.0. The van der Waals surface area contributed by atoms with Gasteiger partial charge in [0.1, 0.15) is 17.1 Å². The maximum Gasteiger partial charge on any atom is 0.261 e. The van der Waals surface area contributed by atoms with E-state index in [1.54, 1.807) is 36.4 Å². The van der Waals surface area contributed by atoms with Crippen molar-refractivity contribution in [2.24, 2.45) is 10.2 Å². The standard InChI is InChI=1S/C23H18ClN3O3S/c1-15-13-21(23(24)19-10-6-5-9-18(15)19)26-25-20-14-17(11-12-22(20)28)31(29,30)27-16-7-3-2-4-8-16/h2-14,27-28H,1H3. The van der Waals surface area contributed by atoms with E-state index in [-0.39, 0.29) is 16.3 Å². The molecule has 0 aliphatic rings. The molecule has 0 aliphatic heterocycles. The Bertz CT molecular complexity index is 1400. The highest BCUT2D eigenvalue weighted by Crippen LogP contribution is 2.37. The number of fused-ring (bicyclic) bond motifs is 1. The molecule has 2 N–H and O–H groups in total. The quantitative estimate of drug-likeness (QED) is 0.330. The minimum absolute atomic E-state index is 0.0119. The number of nitrogens with zero attached hydrogens (tertiary/aromatic N) is 2. The lowest BCUT2D eigenvalue weighted by molar-refractivity contribution is 0.476. The topological polar surface area (TPSA) is 91.1 Å². The molecular weight excluding hydrogens is 434 g/mol. The van der Waals surface area contributed by atoms with Crippen LogP contribution in [0.5, 0.6) is 5.75 Å². The van der Waals surface area contributed by atoms with Gasteiger partial charge in [-0.05, 0) is 54.3 Å². The maximum atomic E-state index is 12.7. The summed E-state index contributed by atoms with van der Waals surface area (Å²) in [6.07, 6.45) is 0. The summed E-state index contributed by atoms with van der Waals surface area (Å²) >= 11 is 6.49. The first-order valence-corrected chi connectivity index (χ1v) is 11.2. The van der Waals surface area contributed by atoms with Crippen molar-refractivity contribution in [3.05, 3.63) is 89.4 Å². The number of sulfonamides is 1. The fraction of sp³-hybridized carbons (Fsp3) is 0.0435. The van der Waals surface area contributed by atoms with Gasteiger partial charge < -0.3 is 5.11 Å². The predicted octanol–water partition coefficient (Wildman–Crippen LogP) is 6.72. The number of para-hydroxylation sites is 1. The highest BCUT2D eigenvalue weighted by molar-refractivity contribution is 7.92. The van der Waals surface area contributed by atoms with Crippen molar-refractivity contribution in [3.8, 4) is 5.75 Å². The normalized spacial score (nSPS) is 11.8. The van der Waals surface area contributed by atoms with Crippen LogP contribution < -0.4 is 4.72 Å². The molecule has 31 heavy (non-hydrogen) atoms. The molecule has 4 aromatic carbocycles. The molecule has 0 bridgehead atoms. The molecular formula is C23H18ClN3O3S. The molecule has 0 heterocycles. The SMILES string of the molecule is Cc1cc(N=Nc2cc(S(=O)(=O)Nc3ccccc3)ccc2O)c(Cl)c2ccccc12. The van der Waals surface area contributed by atoms with E-state index in [0.717, 1.165) is 16.3 Å². The molecule has 4 rings (SSSR count). The van der Waals surface area contributed by atoms with Gasteiger partial charge in [-0.15, -0.1) is 10.2 Å². The number of benzene rings is 4. The number of nitrogens with one attached hydrogen (secondary N) is 1. The predicted molar refractivity (Wildman–Crippen MR) is 123 cm³/mol. The molecule has 0 saturated heterocycles. The van der Waals surface area contributed by atoms with E-state index < -0.39 is 10.0 Å². The summed E-state index contributed by atoms with van der Waals surface area (Å²) in [6, 6.07) is 21.8. The second-order valence-electron chi connectivity index (χ2n) is 6.89. The van der Waals surface area contributed by atoms with Crippen molar-refractivity contribution in [2.45, 2.75) is 11.8 Å². The molecule has 0 unspecified atom stereocenters. The highest BCUT2D eigenvalue weighted by atomic mass is 35.5. The molecule has 0 atom stereocenters. The summed E-state index contributed by atoms with van der Waals surface area (Å²) in [5.41, 5.74) is 1.84. The third-order valence-electron chi connectivity index (χ3n) is 4.72. The molecule has 8 heteroatoms. The van der Waals surface area contributed by atoms with E-state index in [1.807, 2.05) is 31.2 Å². The van der Waals surface area contributed by atoms with Gasteiger partial charge in [-0.3, -0.25) is 4.72 Å². The van der Waals surface area contributed by atoms with E-state index in [1.165, 1.54) is 18.2 Å². The van der Waals surface area contributed by atoms with Crippen LogP contribution >= 0.6 is 11.6 Å². The smallest absolute Gasteiger partial charge is 0.261 e. The van der Waals surface area contributed by atoms with Gasteiger partial charge >= 0.3 is 0 Å². The summed E-state index contributed by atoms with van der Waals surface area (Å²) in [4.78, 5) is -0.0520. The molecule has 6 nitrogen and oxygen atoms in total. The maximum absolute atomic E-state index is 12.7. The van der Waals surface area contributed by atoms with Gasteiger partial charge in [0.15, 0.2) is 0 Å². The van der Waals surface area contributed by atoms with E-state index in [9.17, 15) is 13.5 Å². The number of hydrogen-bond donors (Lipinski definition) is 2. The second kappa shape index (κ2) is 8.37. The van der Waals surface area contributed by atoms with E-state index in [4.69, 9.17) is 11.6 Å². The second-order valence-corrected chi connectivity index (χ2v) is 8.95. The number of phenols is 1. The van der Waals surface area contributed by atoms with Crippen molar-refractivity contribution in [1.82, 2.24) is 0 Å². The van der Waals surface area contributed by atoms with Crippen molar-refractivity contribution in [1.29, 1.82) is 0 Å². The minimum Gasteiger partial charge on any atom is -0.506 e. The molecule has 156 valence electrons. The van der Waals surface area contributed by atoms with E-state index in [0.29, 0.717) is 16.4 Å². The van der Waals surface area contributed by atoms with Gasteiger partial charge in [-0.25, -0.2) is 8.42 Å². The van der Waals surface area contributed by atoms with Gasteiger partial charge in [0.05, 0.1) is 9.92 Å². The number of aromatic hydroxyl groups is 1. The summed E-state index contributed by atoms with van der Waals surface area (Å²) in [6.45, 7) is 1.94. The van der Waals surface area contributed by atoms with Crippen molar-refractivity contribution >= 4 is 49.5 Å². The summed E-state index contributed by atoms with van der Waals surface area (Å²) in [7, 11) is -3.87. The van der Waals surface area contributed by atoms with Crippen molar-refractivity contribution in [3.63, 3.8) is 0 Å². The van der Waals surface area contributed by atoms with Crippen LogP contribution in [0.2, 0.25) is 5.02 Å². The highest BCUT2D eigenvalue weighted by Gasteiger charge is 2.16. The van der Waals surface area contributed by atoms with Crippen LogP contribution in [0.15, 0.2) is 94.0 Å². The number of aryl methyl sites for hydroxylation is 1. The Balaban J connectivity index is 1.69. The Morgan fingerprint density at radius 3 is 2.23 bits per heavy atom. The Morgan fingerprint density at radius 1 is 0.839 bits per heavy atom. The Hall–Kier alpha value is -3.42. The average molecular weight is 452 g/mol. The molecule has 0 spiro atoms. The van der Waals surface area contributed by atoms with Gasteiger partial charge in [-0.2, -0.15) is 0 Å². The molecule has 0 radical (unpaired) electrons. The van der Waals surface area contributed by atoms with Crippen LogP contribution in [0.3, 0.4) is 0 Å². The number of azo groups is 1. The minimum atomic E-state index is -3.87. The molecule has 0 saturated carbocycles. The van der Waals surface area contributed by atoms with Gasteiger partial charge in [0.25, 0.3) is 10.0 Å². The zero-order valence-corrected chi connectivity index (χ0v) is 18.0. The summed E-state index contributed by atoms with van der Waals surface area (Å²) in [5, 5.41) is 20.7. The van der Waals surface area contributed by atoms with E-state index >= 15 is 0 Å². The number of hydrogen-bond acceptors (Lipinski definition) is 5. The van der Waals surface area contributed by atoms with Crippen LogP contribution in [-0.4, -0.2) is 13.5 Å². The number of anilines is 1. The van der Waals surface area contributed by atoms with E-state index in [2.05, 4.69) is 15.0 Å². The lowest BCUT2D eigenvalue weighted by Gasteiger charge is -2.09. The van der Waals surface area contributed by atoms with Crippen molar-refractivity contribution < 1.29 is 13.5 Å². The Labute approximate surface area is 184 Å². The van der Waals surface area contributed by atoms with Gasteiger partial charge in [0, 0.05) is 11.1 Å². The summed E-state index contributed by atoms with van der Waals surface area (Å²) in [5.74, 6) is -0.198. The van der Waals surface area contributed by atoms with Crippen LogP contribution in [-0.2, 0) is 10.0 Å². The van der Waals surface area contributed by atoms with Crippen LogP contribution in [0, 0.1) is 6.92 Å². The molecule has 0 aromatic heterocycles. The van der Waals surface area contributed by atoms with Crippen LogP contribution in [0.25, 0.3) is 10.8 Å². The molecule has 4 aromatic rings. The third-order valence-corrected chi connectivity index (χ3v) is 6.49. The first-order chi connectivity index (χ1) is 14.8. The first kappa shape index (κ1) is 20.8. The average Bonchev–Trinajstić information content (AvgIpc) is 2.76. The Kier molecular flexibility index (Phi) is 5.63. The lowest BCUT2D eigenvalue weighted by Crippen LogP contribution is -2.12. The van der Waals surface area contributed by atoms with Crippen LogP contribution in [0.1, 0.15) is 5.56 Å². The van der Waals surface area contributed by atoms with Crippen LogP contribution in [0.4, 0.5) is 17.1 Å².